The molecule has 34 heavy (non-hydrogen) atoms. The van der Waals surface area contributed by atoms with E-state index in [0.29, 0.717) is 12.8 Å². The largest absolute Gasteiger partial charge is 0.352 e. The highest BCUT2D eigenvalue weighted by molar-refractivity contribution is 6.08. The van der Waals surface area contributed by atoms with Gasteiger partial charge in [-0.3, -0.25) is 29.0 Å². The number of carbonyl (C=O) groups is 6. The molecule has 3 atom stereocenters. The van der Waals surface area contributed by atoms with Crippen LogP contribution in [0, 0.1) is 29.6 Å². The Morgan fingerprint density at radius 1 is 0.588 bits per heavy atom. The summed E-state index contributed by atoms with van der Waals surface area (Å²) in [5.41, 5.74) is 0. The number of Topliss-reactive ketones (excluding diaryl/α,β-unsaturated/α-hetero) is 4. The molecular formula is C24H38O10. The lowest BCUT2D eigenvalue weighted by molar-refractivity contribution is -0.282. The summed E-state index contributed by atoms with van der Waals surface area (Å²) < 4.78 is 0. The van der Waals surface area contributed by atoms with Crippen LogP contribution in [0.25, 0.3) is 0 Å². The smallest absolute Gasteiger partial charge is 0.299 e. The maximum absolute atomic E-state index is 11.9. The number of rotatable bonds is 18. The van der Waals surface area contributed by atoms with Crippen molar-refractivity contribution in [3.63, 3.8) is 0 Å². The van der Waals surface area contributed by atoms with Gasteiger partial charge in [0.15, 0.2) is 11.6 Å². The Kier molecular flexibility index (Phi) is 15.0. The van der Waals surface area contributed by atoms with E-state index in [1.165, 1.54) is 13.8 Å². The van der Waals surface area contributed by atoms with Crippen molar-refractivity contribution in [2.24, 2.45) is 29.6 Å². The summed E-state index contributed by atoms with van der Waals surface area (Å²) in [5.74, 6) is -6.04. The molecule has 0 saturated heterocycles. The van der Waals surface area contributed by atoms with E-state index in [0.717, 1.165) is 0 Å². The van der Waals surface area contributed by atoms with E-state index >= 15 is 0 Å². The van der Waals surface area contributed by atoms with Gasteiger partial charge in [0.2, 0.25) is 0 Å². The van der Waals surface area contributed by atoms with Crippen LogP contribution in [-0.2, 0) is 48.3 Å². The van der Waals surface area contributed by atoms with Crippen LogP contribution in [0.1, 0.15) is 74.1 Å². The molecule has 194 valence electrons. The Hall–Kier alpha value is -2.46. The molecule has 0 saturated carbocycles. The average Bonchev–Trinajstić information content (AvgIpc) is 2.76. The molecule has 10 heteroatoms. The van der Waals surface area contributed by atoms with Crippen molar-refractivity contribution in [3.05, 3.63) is 0 Å². The Balaban J connectivity index is 4.06. The molecule has 0 aromatic heterocycles. The molecule has 0 fully saturated rings. The van der Waals surface area contributed by atoms with Gasteiger partial charge >= 0.3 is 11.9 Å². The SMILES string of the molecule is CC(CCCOOC(=O)C(C)C(=O)CC(=O)C(C)C)COOC(=O)C(C)C(=O)CC(=O)C(C)C. The van der Waals surface area contributed by atoms with Crippen molar-refractivity contribution in [3.8, 4) is 0 Å². The van der Waals surface area contributed by atoms with Crippen LogP contribution in [0.15, 0.2) is 0 Å². The summed E-state index contributed by atoms with van der Waals surface area (Å²) >= 11 is 0. The van der Waals surface area contributed by atoms with Crippen molar-refractivity contribution in [2.45, 2.75) is 74.1 Å². The van der Waals surface area contributed by atoms with Gasteiger partial charge in [-0.2, -0.15) is 9.78 Å². The molecule has 0 N–H and O–H groups in total. The zero-order valence-electron chi connectivity index (χ0n) is 21.2. The minimum Gasteiger partial charge on any atom is -0.299 e. The lowest BCUT2D eigenvalue weighted by atomic mass is 9.97. The minimum atomic E-state index is -1.10. The lowest BCUT2D eigenvalue weighted by Gasteiger charge is -2.13. The van der Waals surface area contributed by atoms with E-state index in [1.807, 2.05) is 6.92 Å². The summed E-state index contributed by atoms with van der Waals surface area (Å²) in [6.45, 7) is 11.4. The highest BCUT2D eigenvalue weighted by atomic mass is 17.2. The van der Waals surface area contributed by atoms with Gasteiger partial charge in [0, 0.05) is 11.8 Å². The highest BCUT2D eigenvalue weighted by Gasteiger charge is 2.27. The molecule has 0 bridgehead atoms. The second-order valence-electron chi connectivity index (χ2n) is 9.13. The van der Waals surface area contributed by atoms with Crippen molar-refractivity contribution in [1.29, 1.82) is 0 Å². The monoisotopic (exact) mass is 486 g/mol. The molecule has 0 aliphatic heterocycles. The van der Waals surface area contributed by atoms with E-state index in [2.05, 4.69) is 9.78 Å². The van der Waals surface area contributed by atoms with E-state index < -0.39 is 35.3 Å². The summed E-state index contributed by atoms with van der Waals surface area (Å²) in [7, 11) is 0. The highest BCUT2D eigenvalue weighted by Crippen LogP contribution is 2.12. The van der Waals surface area contributed by atoms with Crippen molar-refractivity contribution < 1.29 is 48.3 Å². The summed E-state index contributed by atoms with van der Waals surface area (Å²) in [6.07, 6.45) is 0.437. The first-order valence-corrected chi connectivity index (χ1v) is 11.5. The number of ketones is 4. The van der Waals surface area contributed by atoms with Gasteiger partial charge in [-0.05, 0) is 32.6 Å². The Bertz CT molecular complexity index is 725. The second kappa shape index (κ2) is 16.2. The van der Waals surface area contributed by atoms with E-state index in [4.69, 9.17) is 9.78 Å². The van der Waals surface area contributed by atoms with Gasteiger partial charge in [-0.15, -0.1) is 0 Å². The number of carbonyl (C=O) groups excluding carboxylic acids is 6. The van der Waals surface area contributed by atoms with Gasteiger partial charge < -0.3 is 0 Å². The standard InChI is InChI=1S/C24H38O10/c1-14(2)19(25)11-21(27)17(6)23(29)33-31-10-8-9-16(5)13-32-34-24(30)18(7)22(28)12-20(26)15(3)4/h14-18H,8-13H2,1-7H3. The third-order valence-electron chi connectivity index (χ3n) is 5.22. The van der Waals surface area contributed by atoms with Crippen LogP contribution in [0.5, 0.6) is 0 Å². The zero-order valence-corrected chi connectivity index (χ0v) is 21.2. The summed E-state index contributed by atoms with van der Waals surface area (Å²) in [6, 6.07) is 0. The zero-order chi connectivity index (χ0) is 26.4. The molecule has 0 spiro atoms. The molecule has 0 radical (unpaired) electrons. The normalized spacial score (nSPS) is 13.8. The minimum absolute atomic E-state index is 0.0387. The van der Waals surface area contributed by atoms with Crippen LogP contribution in [0.3, 0.4) is 0 Å². The van der Waals surface area contributed by atoms with Crippen LogP contribution in [-0.4, -0.2) is 48.3 Å². The Morgan fingerprint density at radius 2 is 1.00 bits per heavy atom. The molecule has 0 aromatic rings. The molecular weight excluding hydrogens is 448 g/mol. The summed E-state index contributed by atoms with van der Waals surface area (Å²) in [4.78, 5) is 89.8. The fourth-order valence-electron chi connectivity index (χ4n) is 2.35. The predicted octanol–water partition coefficient (Wildman–Crippen LogP) is 2.99. The number of hydrogen-bond acceptors (Lipinski definition) is 10. The van der Waals surface area contributed by atoms with Crippen LogP contribution in [0.4, 0.5) is 0 Å². The third-order valence-corrected chi connectivity index (χ3v) is 5.22. The van der Waals surface area contributed by atoms with Crippen molar-refractivity contribution in [1.82, 2.24) is 0 Å². The lowest BCUT2D eigenvalue weighted by Crippen LogP contribution is -2.27. The fourth-order valence-corrected chi connectivity index (χ4v) is 2.35. The molecule has 0 aromatic carbocycles. The maximum Gasteiger partial charge on any atom is 0.352 e. The molecule has 0 aliphatic rings. The predicted molar refractivity (Wildman–Crippen MR) is 120 cm³/mol. The first-order valence-electron chi connectivity index (χ1n) is 11.5. The van der Waals surface area contributed by atoms with E-state index in [1.54, 1.807) is 27.7 Å². The summed E-state index contributed by atoms with van der Waals surface area (Å²) in [5, 5.41) is 0. The fraction of sp³-hybridized carbons (Fsp3) is 0.750. The van der Waals surface area contributed by atoms with Gasteiger partial charge in [0.05, 0.1) is 26.1 Å². The first kappa shape index (κ1) is 31.5. The molecule has 0 rings (SSSR count). The van der Waals surface area contributed by atoms with Gasteiger partial charge in [-0.25, -0.2) is 9.59 Å². The van der Waals surface area contributed by atoms with Crippen molar-refractivity contribution in [2.75, 3.05) is 13.2 Å². The first-order chi connectivity index (χ1) is 15.8. The van der Waals surface area contributed by atoms with Gasteiger partial charge in [0.1, 0.15) is 23.4 Å². The van der Waals surface area contributed by atoms with E-state index in [-0.39, 0.29) is 55.4 Å². The quantitative estimate of drug-likeness (QED) is 0.123. The van der Waals surface area contributed by atoms with Crippen LogP contribution >= 0.6 is 0 Å². The van der Waals surface area contributed by atoms with E-state index in [9.17, 15) is 28.8 Å². The molecule has 0 aliphatic carbocycles. The average molecular weight is 487 g/mol. The topological polar surface area (TPSA) is 139 Å². The molecule has 0 amide bonds. The maximum atomic E-state index is 11.9. The Morgan fingerprint density at radius 3 is 1.41 bits per heavy atom. The number of hydrogen-bond donors (Lipinski definition) is 0. The van der Waals surface area contributed by atoms with Crippen LogP contribution < -0.4 is 0 Å². The van der Waals surface area contributed by atoms with Gasteiger partial charge in [-0.1, -0.05) is 34.6 Å². The van der Waals surface area contributed by atoms with Crippen molar-refractivity contribution >= 4 is 35.1 Å². The molecule has 3 unspecified atom stereocenters. The third kappa shape index (κ3) is 12.7. The second-order valence-corrected chi connectivity index (χ2v) is 9.13. The molecule has 0 heterocycles. The Labute approximate surface area is 200 Å². The van der Waals surface area contributed by atoms with Gasteiger partial charge in [0.25, 0.3) is 0 Å². The molecule has 10 nitrogen and oxygen atoms in total. The van der Waals surface area contributed by atoms with Crippen LogP contribution in [0.2, 0.25) is 0 Å².